The zero-order valence-corrected chi connectivity index (χ0v) is 21.9. The second-order valence-corrected chi connectivity index (χ2v) is 9.76. The number of hydrogen-bond acceptors (Lipinski definition) is 9. The zero-order chi connectivity index (χ0) is 28.0. The predicted molar refractivity (Wildman–Crippen MR) is 139 cm³/mol. The van der Waals surface area contributed by atoms with Gasteiger partial charge in [-0.05, 0) is 32.3 Å². The summed E-state index contributed by atoms with van der Waals surface area (Å²) in [5.74, 6) is 2.07. The van der Waals surface area contributed by atoms with Gasteiger partial charge in [0.05, 0.1) is 12.8 Å². The van der Waals surface area contributed by atoms with Crippen LogP contribution in [0.25, 0.3) is 28.6 Å². The van der Waals surface area contributed by atoms with Crippen LogP contribution in [0.15, 0.2) is 43.1 Å². The second-order valence-electron chi connectivity index (χ2n) is 9.76. The number of anilines is 1. The molecule has 0 spiro atoms. The molecular formula is C26H25F3N10O. The first-order chi connectivity index (χ1) is 19.2. The lowest BCUT2D eigenvalue weighted by Gasteiger charge is -2.13. The Balaban J connectivity index is 1.29. The number of imidazole rings is 1. The van der Waals surface area contributed by atoms with Crippen molar-refractivity contribution in [2.24, 2.45) is 0 Å². The Labute approximate surface area is 226 Å². The van der Waals surface area contributed by atoms with Crippen LogP contribution in [0.1, 0.15) is 55.6 Å². The van der Waals surface area contributed by atoms with E-state index in [-0.39, 0.29) is 11.9 Å². The monoisotopic (exact) mass is 550 g/mol. The van der Waals surface area contributed by atoms with Crippen LogP contribution in [0, 0.1) is 0 Å². The molecule has 0 saturated heterocycles. The number of nitrogens with zero attached hydrogens (tertiary/aromatic N) is 9. The number of fused-ring (bicyclic) bond motifs is 1. The quantitative estimate of drug-likeness (QED) is 0.286. The van der Waals surface area contributed by atoms with Crippen molar-refractivity contribution in [3.8, 4) is 28.7 Å². The molecule has 4 heterocycles. The van der Waals surface area contributed by atoms with Crippen LogP contribution in [0.4, 0.5) is 19.1 Å². The molecule has 1 aromatic carbocycles. The molecule has 0 unspecified atom stereocenters. The first-order valence-electron chi connectivity index (χ1n) is 12.7. The fourth-order valence-electron chi connectivity index (χ4n) is 4.46. The molecular weight excluding hydrogens is 525 g/mol. The van der Waals surface area contributed by atoms with Crippen molar-refractivity contribution < 1.29 is 17.9 Å². The Kier molecular flexibility index (Phi) is 6.31. The smallest absolute Gasteiger partial charge is 0.434 e. The molecule has 0 radical (unpaired) electrons. The first kappa shape index (κ1) is 25.6. The molecule has 0 atom stereocenters. The lowest BCUT2D eigenvalue weighted by atomic mass is 10.1. The average Bonchev–Trinajstić information content (AvgIpc) is 3.48. The standard InChI is InChI=1S/C26H25F3N10O/c1-14(2)38-11-18(26(27,28)29)35-22(38)17-6-4-15(5-7-17)10-30-24-36-21(37-25-33-13-34-39(24)25)19-20(16-8-9-16)31-12-32-23(19)40-3/h4-7,11-14,16H,8-10H2,1-3H3,(H,30,33,34,36,37). The molecule has 206 valence electrons. The summed E-state index contributed by atoms with van der Waals surface area (Å²) in [6.45, 7) is 3.99. The van der Waals surface area contributed by atoms with E-state index >= 15 is 0 Å². The summed E-state index contributed by atoms with van der Waals surface area (Å²) in [5, 5.41) is 7.51. The molecule has 40 heavy (non-hydrogen) atoms. The number of nitrogens with one attached hydrogen (secondary N) is 1. The van der Waals surface area contributed by atoms with Gasteiger partial charge in [-0.2, -0.15) is 37.7 Å². The highest BCUT2D eigenvalue weighted by molar-refractivity contribution is 5.68. The van der Waals surface area contributed by atoms with E-state index in [0.717, 1.165) is 30.3 Å². The number of aromatic nitrogens is 9. The van der Waals surface area contributed by atoms with Crippen molar-refractivity contribution in [3.05, 3.63) is 60.1 Å². The summed E-state index contributed by atoms with van der Waals surface area (Å²) >= 11 is 0. The lowest BCUT2D eigenvalue weighted by Crippen LogP contribution is -2.11. The van der Waals surface area contributed by atoms with Gasteiger partial charge in [0.2, 0.25) is 11.8 Å². The molecule has 6 rings (SSSR count). The molecule has 1 saturated carbocycles. The van der Waals surface area contributed by atoms with Crippen LogP contribution in [0.2, 0.25) is 0 Å². The molecule has 1 fully saturated rings. The van der Waals surface area contributed by atoms with E-state index in [1.54, 1.807) is 19.2 Å². The molecule has 0 amide bonds. The number of hydrogen-bond donors (Lipinski definition) is 1. The number of methoxy groups -OCH3 is 1. The van der Waals surface area contributed by atoms with Gasteiger partial charge < -0.3 is 14.6 Å². The Hall–Kier alpha value is -4.62. The van der Waals surface area contributed by atoms with Crippen molar-refractivity contribution in [2.75, 3.05) is 12.4 Å². The normalized spacial score (nSPS) is 13.8. The van der Waals surface area contributed by atoms with E-state index in [2.05, 4.69) is 35.3 Å². The summed E-state index contributed by atoms with van der Waals surface area (Å²) < 4.78 is 48.4. The topological polar surface area (TPSA) is 121 Å². The van der Waals surface area contributed by atoms with E-state index in [4.69, 9.17) is 9.72 Å². The summed E-state index contributed by atoms with van der Waals surface area (Å²) in [6, 6.07) is 6.97. The van der Waals surface area contributed by atoms with Gasteiger partial charge in [-0.25, -0.2) is 15.0 Å². The average molecular weight is 551 g/mol. The molecule has 1 aliphatic carbocycles. The number of halogens is 3. The Morgan fingerprint density at radius 2 is 1.80 bits per heavy atom. The van der Waals surface area contributed by atoms with Crippen molar-refractivity contribution in [3.63, 3.8) is 0 Å². The molecule has 5 aromatic rings. The molecule has 1 N–H and O–H groups in total. The van der Waals surface area contributed by atoms with E-state index in [9.17, 15) is 13.2 Å². The van der Waals surface area contributed by atoms with Crippen molar-refractivity contribution in [2.45, 2.75) is 51.4 Å². The number of alkyl halides is 3. The second kappa shape index (κ2) is 9.84. The van der Waals surface area contributed by atoms with Gasteiger partial charge >= 0.3 is 6.18 Å². The maximum Gasteiger partial charge on any atom is 0.434 e. The summed E-state index contributed by atoms with van der Waals surface area (Å²) in [7, 11) is 1.54. The molecule has 0 aliphatic heterocycles. The van der Waals surface area contributed by atoms with Crippen LogP contribution < -0.4 is 10.1 Å². The minimum atomic E-state index is -4.52. The largest absolute Gasteiger partial charge is 0.480 e. The van der Waals surface area contributed by atoms with Gasteiger partial charge in [0.1, 0.15) is 24.0 Å². The zero-order valence-electron chi connectivity index (χ0n) is 21.9. The van der Waals surface area contributed by atoms with Crippen LogP contribution in [0.3, 0.4) is 0 Å². The van der Waals surface area contributed by atoms with E-state index < -0.39 is 11.9 Å². The highest BCUT2D eigenvalue weighted by atomic mass is 19.4. The van der Waals surface area contributed by atoms with Gasteiger partial charge in [0.25, 0.3) is 5.78 Å². The minimum Gasteiger partial charge on any atom is -0.480 e. The van der Waals surface area contributed by atoms with Crippen LogP contribution >= 0.6 is 0 Å². The van der Waals surface area contributed by atoms with Crippen molar-refractivity contribution in [1.82, 2.24) is 44.1 Å². The van der Waals surface area contributed by atoms with Gasteiger partial charge in [0.15, 0.2) is 11.5 Å². The van der Waals surface area contributed by atoms with Gasteiger partial charge in [-0.1, -0.05) is 24.3 Å². The third kappa shape index (κ3) is 4.80. The Morgan fingerprint density at radius 1 is 1.02 bits per heavy atom. The SMILES string of the molecule is COc1ncnc(C2CC2)c1-c1nc(NCc2ccc(-c3nc(C(F)(F)F)cn3C(C)C)cc2)n2ncnc2n1. The van der Waals surface area contributed by atoms with Crippen LogP contribution in [0.5, 0.6) is 5.88 Å². The Bertz CT molecular complexity index is 1670. The van der Waals surface area contributed by atoms with E-state index in [1.807, 2.05) is 26.0 Å². The van der Waals surface area contributed by atoms with Gasteiger partial charge in [-0.3, -0.25) is 0 Å². The van der Waals surface area contributed by atoms with Gasteiger partial charge in [0, 0.05) is 30.3 Å². The third-order valence-corrected chi connectivity index (χ3v) is 6.61. The minimum absolute atomic E-state index is 0.189. The Morgan fingerprint density at radius 3 is 2.48 bits per heavy atom. The number of ether oxygens (including phenoxy) is 1. The molecule has 11 nitrogen and oxygen atoms in total. The maximum absolute atomic E-state index is 13.3. The lowest BCUT2D eigenvalue weighted by molar-refractivity contribution is -0.140. The number of rotatable bonds is 8. The summed E-state index contributed by atoms with van der Waals surface area (Å²) in [4.78, 5) is 26.1. The van der Waals surface area contributed by atoms with Crippen LogP contribution in [-0.4, -0.2) is 51.2 Å². The summed E-state index contributed by atoms with van der Waals surface area (Å²) in [5.41, 5.74) is 2.01. The third-order valence-electron chi connectivity index (χ3n) is 6.61. The first-order valence-corrected chi connectivity index (χ1v) is 12.7. The molecule has 0 bridgehead atoms. The predicted octanol–water partition coefficient (Wildman–Crippen LogP) is 4.94. The van der Waals surface area contributed by atoms with Crippen molar-refractivity contribution >= 4 is 11.7 Å². The molecule has 14 heteroatoms. The molecule has 4 aromatic heterocycles. The fraction of sp³-hybridized carbons (Fsp3) is 0.346. The van der Waals surface area contributed by atoms with Gasteiger partial charge in [-0.15, -0.1) is 0 Å². The van der Waals surface area contributed by atoms with Crippen LogP contribution in [-0.2, 0) is 12.7 Å². The van der Waals surface area contributed by atoms with E-state index in [0.29, 0.717) is 47.0 Å². The highest BCUT2D eigenvalue weighted by Gasteiger charge is 2.35. The summed E-state index contributed by atoms with van der Waals surface area (Å²) in [6.07, 6.45) is 1.45. The van der Waals surface area contributed by atoms with E-state index in [1.165, 1.54) is 21.7 Å². The van der Waals surface area contributed by atoms with Crippen molar-refractivity contribution in [1.29, 1.82) is 0 Å². The fourth-order valence-corrected chi connectivity index (χ4v) is 4.46. The number of benzene rings is 1. The maximum atomic E-state index is 13.3. The highest BCUT2D eigenvalue weighted by Crippen LogP contribution is 2.45. The molecule has 1 aliphatic rings.